The second-order valence-electron chi connectivity index (χ2n) is 12.8. The van der Waals surface area contributed by atoms with E-state index in [1.54, 1.807) is 0 Å². The summed E-state index contributed by atoms with van der Waals surface area (Å²) in [5.41, 5.74) is -0.415. The van der Waals surface area contributed by atoms with Gasteiger partial charge in [-0.1, -0.05) is 69.8 Å². The zero-order chi connectivity index (χ0) is 30.2. The third-order valence-electron chi connectivity index (χ3n) is 6.22. The Morgan fingerprint density at radius 1 is 0.725 bits per heavy atom. The van der Waals surface area contributed by atoms with Gasteiger partial charge in [-0.05, 0) is 72.1 Å². The average molecular weight is 591 g/mol. The Hall–Kier alpha value is -0.530. The number of ether oxygens (including phenoxy) is 2. The van der Waals surface area contributed by atoms with Crippen LogP contribution in [0.1, 0.15) is 118 Å². The highest BCUT2D eigenvalue weighted by Crippen LogP contribution is 2.43. The average Bonchev–Trinajstić information content (AvgIpc) is 2.84. The van der Waals surface area contributed by atoms with Gasteiger partial charge < -0.3 is 18.9 Å². The molecule has 0 heterocycles. The van der Waals surface area contributed by atoms with Gasteiger partial charge in [-0.25, -0.2) is 4.57 Å². The van der Waals surface area contributed by atoms with Gasteiger partial charge in [-0.3, -0.25) is 9.05 Å². The highest BCUT2D eigenvalue weighted by Gasteiger charge is 2.27. The van der Waals surface area contributed by atoms with Crippen molar-refractivity contribution in [2.45, 2.75) is 129 Å². The third kappa shape index (κ3) is 30.4. The monoisotopic (exact) mass is 590 g/mol. The molecule has 1 N–H and O–H groups in total. The summed E-state index contributed by atoms with van der Waals surface area (Å²) in [6.45, 7) is 9.74. The van der Waals surface area contributed by atoms with Crippen LogP contribution < -0.4 is 0 Å². The number of phosphoric acid groups is 1. The molecular formula is C32H65NO6P+. The highest BCUT2D eigenvalue weighted by atomic mass is 31.2. The van der Waals surface area contributed by atoms with Crippen LogP contribution in [-0.2, 0) is 23.1 Å². The van der Waals surface area contributed by atoms with Crippen LogP contribution in [0, 0.1) is 0 Å². The van der Waals surface area contributed by atoms with Gasteiger partial charge in [0.05, 0.1) is 40.0 Å². The Morgan fingerprint density at radius 2 is 1.23 bits per heavy atom. The molecule has 0 spiro atoms. The maximum atomic E-state index is 12.2. The summed E-state index contributed by atoms with van der Waals surface area (Å²) in [4.78, 5) is 10.0. The molecule has 1 unspecified atom stereocenters. The van der Waals surface area contributed by atoms with E-state index in [1.165, 1.54) is 77.0 Å². The summed E-state index contributed by atoms with van der Waals surface area (Å²) in [6, 6.07) is 0. The van der Waals surface area contributed by atoms with Crippen molar-refractivity contribution in [3.05, 3.63) is 24.3 Å². The second-order valence-corrected chi connectivity index (χ2v) is 14.3. The molecule has 0 aromatic rings. The topological polar surface area (TPSA) is 74.2 Å². The lowest BCUT2D eigenvalue weighted by Crippen LogP contribution is -2.37. The van der Waals surface area contributed by atoms with Crippen LogP contribution in [0.4, 0.5) is 0 Å². The van der Waals surface area contributed by atoms with Gasteiger partial charge >= 0.3 is 7.82 Å². The van der Waals surface area contributed by atoms with Crippen molar-refractivity contribution in [2.75, 3.05) is 54.1 Å². The Balaban J connectivity index is 3.85. The van der Waals surface area contributed by atoms with Crippen LogP contribution >= 0.6 is 7.82 Å². The smallest absolute Gasteiger partial charge is 0.379 e. The van der Waals surface area contributed by atoms with Gasteiger partial charge in [-0.15, -0.1) is 0 Å². The molecule has 238 valence electrons. The van der Waals surface area contributed by atoms with Crippen molar-refractivity contribution in [2.24, 2.45) is 0 Å². The largest absolute Gasteiger partial charge is 0.472 e. The minimum Gasteiger partial charge on any atom is -0.379 e. The van der Waals surface area contributed by atoms with Gasteiger partial charge in [0.15, 0.2) is 0 Å². The Kier molecular flexibility index (Phi) is 23.7. The van der Waals surface area contributed by atoms with Crippen LogP contribution in [0.5, 0.6) is 0 Å². The fraction of sp³-hybridized carbons (Fsp3) is 0.875. The number of unbranched alkanes of at least 4 members (excludes halogenated alkanes) is 11. The molecule has 2 atom stereocenters. The van der Waals surface area contributed by atoms with Crippen molar-refractivity contribution in [1.29, 1.82) is 0 Å². The molecule has 0 rings (SSSR count). The number of quaternary nitrogens is 1. The molecule has 0 radical (unpaired) electrons. The zero-order valence-electron chi connectivity index (χ0n) is 27.2. The van der Waals surface area contributed by atoms with E-state index in [0.717, 1.165) is 12.8 Å². The first-order valence-electron chi connectivity index (χ1n) is 15.8. The molecule has 0 fully saturated rings. The maximum absolute atomic E-state index is 12.2. The van der Waals surface area contributed by atoms with Gasteiger partial charge in [0.25, 0.3) is 0 Å². The summed E-state index contributed by atoms with van der Waals surface area (Å²) in [5.74, 6) is 0. The SMILES string of the molecule is CCCCC=CCCCCC=CCCCCCCCCOC[C@H](COP(=O)(O)OCC[N+](C)(C)C)OC(C)(C)C. The molecule has 0 aromatic heterocycles. The van der Waals surface area contributed by atoms with E-state index in [4.69, 9.17) is 18.5 Å². The minimum absolute atomic E-state index is 0.0552. The predicted octanol–water partition coefficient (Wildman–Crippen LogP) is 8.62. The highest BCUT2D eigenvalue weighted by molar-refractivity contribution is 7.47. The molecule has 0 aliphatic heterocycles. The maximum Gasteiger partial charge on any atom is 0.472 e. The van der Waals surface area contributed by atoms with Crippen molar-refractivity contribution >= 4 is 7.82 Å². The lowest BCUT2D eigenvalue weighted by Gasteiger charge is -2.28. The van der Waals surface area contributed by atoms with Crippen molar-refractivity contribution in [1.82, 2.24) is 0 Å². The van der Waals surface area contributed by atoms with Crippen molar-refractivity contribution in [3.63, 3.8) is 0 Å². The normalized spacial score (nSPS) is 15.3. The molecular weight excluding hydrogens is 525 g/mol. The number of nitrogens with zero attached hydrogens (tertiary/aromatic N) is 1. The van der Waals surface area contributed by atoms with Crippen molar-refractivity contribution < 1.29 is 32.5 Å². The fourth-order valence-corrected chi connectivity index (χ4v) is 4.71. The number of allylic oxidation sites excluding steroid dienone is 4. The van der Waals surface area contributed by atoms with E-state index < -0.39 is 19.5 Å². The summed E-state index contributed by atoms with van der Waals surface area (Å²) in [5, 5.41) is 0. The predicted molar refractivity (Wildman–Crippen MR) is 169 cm³/mol. The first kappa shape index (κ1) is 39.5. The molecule has 0 saturated carbocycles. The van der Waals surface area contributed by atoms with E-state index in [1.807, 2.05) is 41.9 Å². The summed E-state index contributed by atoms with van der Waals surface area (Å²) in [7, 11) is 1.85. The summed E-state index contributed by atoms with van der Waals surface area (Å²) < 4.78 is 35.0. The number of hydrogen-bond donors (Lipinski definition) is 1. The quantitative estimate of drug-likeness (QED) is 0.0447. The Labute approximate surface area is 247 Å². The summed E-state index contributed by atoms with van der Waals surface area (Å²) >= 11 is 0. The third-order valence-corrected chi connectivity index (χ3v) is 7.21. The van der Waals surface area contributed by atoms with Crippen LogP contribution in [0.25, 0.3) is 0 Å². The van der Waals surface area contributed by atoms with Gasteiger partial charge in [0.2, 0.25) is 0 Å². The van der Waals surface area contributed by atoms with Crippen LogP contribution in [0.3, 0.4) is 0 Å². The van der Waals surface area contributed by atoms with E-state index in [0.29, 0.717) is 24.2 Å². The lowest BCUT2D eigenvalue weighted by atomic mass is 10.1. The number of hydrogen-bond acceptors (Lipinski definition) is 5. The van der Waals surface area contributed by atoms with Gasteiger partial charge in [-0.2, -0.15) is 0 Å². The van der Waals surface area contributed by atoms with Gasteiger partial charge in [0.1, 0.15) is 19.3 Å². The second kappa shape index (κ2) is 24.0. The van der Waals surface area contributed by atoms with Crippen LogP contribution in [0.2, 0.25) is 0 Å². The molecule has 0 amide bonds. The Morgan fingerprint density at radius 3 is 1.75 bits per heavy atom. The first-order chi connectivity index (χ1) is 18.8. The van der Waals surface area contributed by atoms with E-state index >= 15 is 0 Å². The summed E-state index contributed by atoms with van der Waals surface area (Å²) in [6.07, 6.45) is 26.2. The number of phosphoric ester groups is 1. The molecule has 0 saturated heterocycles. The Bertz CT molecular complexity index is 684. The lowest BCUT2D eigenvalue weighted by molar-refractivity contribution is -0.870. The first-order valence-corrected chi connectivity index (χ1v) is 17.3. The van der Waals surface area contributed by atoms with Gasteiger partial charge in [0, 0.05) is 6.61 Å². The van der Waals surface area contributed by atoms with E-state index in [2.05, 4.69) is 31.2 Å². The van der Waals surface area contributed by atoms with Crippen LogP contribution in [-0.4, -0.2) is 75.2 Å². The molecule has 8 heteroatoms. The van der Waals surface area contributed by atoms with Crippen LogP contribution in [0.15, 0.2) is 24.3 Å². The molecule has 0 aromatic carbocycles. The molecule has 7 nitrogen and oxygen atoms in total. The standard InChI is InChI=1S/C32H64NO6P/c1-8-9-10-11-12-13-14-15-16-17-18-19-20-21-22-23-24-25-27-36-29-31(39-32(2,3)4)30-38-40(34,35)37-28-26-33(5,6)7/h11-12,17-18,31H,8-10,13-16,19-30H2,1-7H3/p+1/t31-/m1/s1. The number of rotatable bonds is 27. The van der Waals surface area contributed by atoms with Crippen molar-refractivity contribution in [3.8, 4) is 0 Å². The zero-order valence-corrected chi connectivity index (χ0v) is 28.1. The fourth-order valence-electron chi connectivity index (χ4n) is 3.97. The molecule has 40 heavy (non-hydrogen) atoms. The minimum atomic E-state index is -4.13. The molecule has 0 aliphatic rings. The van der Waals surface area contributed by atoms with E-state index in [9.17, 15) is 9.46 Å². The molecule has 0 bridgehead atoms. The van der Waals surface area contributed by atoms with E-state index in [-0.39, 0.29) is 13.2 Å². The molecule has 0 aliphatic carbocycles. The number of likely N-dealkylation sites (N-methyl/N-ethyl adjacent to an activating group) is 1.